The molecule has 2 heterocycles. The van der Waals surface area contributed by atoms with Crippen molar-refractivity contribution in [1.82, 2.24) is 14.5 Å². The van der Waals surface area contributed by atoms with E-state index in [1.807, 2.05) is 29.0 Å². The van der Waals surface area contributed by atoms with Crippen molar-refractivity contribution in [2.24, 2.45) is 0 Å². The number of benzene rings is 1. The van der Waals surface area contributed by atoms with Crippen LogP contribution in [-0.4, -0.2) is 14.5 Å². The van der Waals surface area contributed by atoms with Crippen molar-refractivity contribution >= 4 is 11.2 Å². The molecule has 0 saturated heterocycles. The van der Waals surface area contributed by atoms with E-state index in [0.29, 0.717) is 5.36 Å². The number of nitrogens with one attached hydrogen (secondary N) is 2. The molecule has 4 heteroatoms. The van der Waals surface area contributed by atoms with Gasteiger partial charge in [-0.3, -0.25) is 5.41 Å². The Morgan fingerprint density at radius 1 is 1.18 bits per heavy atom. The smallest absolute Gasteiger partial charge is 0.160 e. The van der Waals surface area contributed by atoms with Crippen LogP contribution >= 0.6 is 0 Å². The lowest BCUT2D eigenvalue weighted by molar-refractivity contribution is 0.814. The number of rotatable bonds is 2. The van der Waals surface area contributed by atoms with Crippen LogP contribution in [0.2, 0.25) is 0 Å². The highest BCUT2D eigenvalue weighted by atomic mass is 15.1. The highest BCUT2D eigenvalue weighted by Gasteiger charge is 2.03. The molecule has 3 aromatic rings. The van der Waals surface area contributed by atoms with Gasteiger partial charge in [-0.05, 0) is 11.6 Å². The molecule has 0 aliphatic rings. The van der Waals surface area contributed by atoms with Gasteiger partial charge in [-0.1, -0.05) is 30.3 Å². The zero-order valence-electron chi connectivity index (χ0n) is 9.22. The largest absolute Gasteiger partial charge is 0.342 e. The second kappa shape index (κ2) is 3.90. The Balaban J connectivity index is 2.10. The van der Waals surface area contributed by atoms with E-state index >= 15 is 0 Å². The van der Waals surface area contributed by atoms with E-state index in [4.69, 9.17) is 5.41 Å². The van der Waals surface area contributed by atoms with Gasteiger partial charge in [0.05, 0.1) is 11.7 Å². The fourth-order valence-electron chi connectivity index (χ4n) is 1.93. The van der Waals surface area contributed by atoms with Crippen LogP contribution in [0.1, 0.15) is 5.56 Å². The minimum absolute atomic E-state index is 0.474. The summed E-state index contributed by atoms with van der Waals surface area (Å²) >= 11 is 0. The third kappa shape index (κ3) is 1.73. The molecule has 0 radical (unpaired) electrons. The molecule has 0 atom stereocenters. The van der Waals surface area contributed by atoms with Gasteiger partial charge >= 0.3 is 0 Å². The van der Waals surface area contributed by atoms with E-state index in [0.717, 1.165) is 17.7 Å². The Kier molecular flexibility index (Phi) is 2.26. The average molecular weight is 224 g/mol. The van der Waals surface area contributed by atoms with Gasteiger partial charge in [0, 0.05) is 12.7 Å². The molecule has 17 heavy (non-hydrogen) atoms. The third-order valence-corrected chi connectivity index (χ3v) is 2.78. The fourth-order valence-corrected chi connectivity index (χ4v) is 1.93. The molecule has 2 aromatic heterocycles. The summed E-state index contributed by atoms with van der Waals surface area (Å²) in [5.41, 5.74) is 2.82. The SMILES string of the molecule is N=c1ccn(Cc2ccccc2)c2nc[nH]c12. The maximum absolute atomic E-state index is 7.77. The van der Waals surface area contributed by atoms with Gasteiger partial charge in [0.1, 0.15) is 5.52 Å². The Morgan fingerprint density at radius 3 is 2.82 bits per heavy atom. The number of pyridine rings is 1. The second-order valence-electron chi connectivity index (χ2n) is 3.94. The molecule has 4 nitrogen and oxygen atoms in total. The summed E-state index contributed by atoms with van der Waals surface area (Å²) in [5.74, 6) is 0. The number of hydrogen-bond donors (Lipinski definition) is 2. The van der Waals surface area contributed by atoms with Crippen molar-refractivity contribution in [1.29, 1.82) is 5.41 Å². The van der Waals surface area contributed by atoms with Crippen molar-refractivity contribution in [2.75, 3.05) is 0 Å². The van der Waals surface area contributed by atoms with Crippen LogP contribution in [0.4, 0.5) is 0 Å². The number of imidazole rings is 1. The summed E-state index contributed by atoms with van der Waals surface area (Å²) in [7, 11) is 0. The topological polar surface area (TPSA) is 57.5 Å². The summed E-state index contributed by atoms with van der Waals surface area (Å²) in [6.07, 6.45) is 3.53. The predicted molar refractivity (Wildman–Crippen MR) is 65.5 cm³/mol. The van der Waals surface area contributed by atoms with Crippen molar-refractivity contribution in [3.63, 3.8) is 0 Å². The first-order chi connectivity index (χ1) is 8.34. The van der Waals surface area contributed by atoms with E-state index in [9.17, 15) is 0 Å². The number of aromatic amines is 1. The van der Waals surface area contributed by atoms with Crippen LogP contribution in [-0.2, 0) is 6.54 Å². The lowest BCUT2D eigenvalue weighted by Crippen LogP contribution is -2.08. The zero-order chi connectivity index (χ0) is 11.7. The Bertz CT molecular complexity index is 694. The van der Waals surface area contributed by atoms with Crippen molar-refractivity contribution < 1.29 is 0 Å². The van der Waals surface area contributed by atoms with E-state index in [-0.39, 0.29) is 0 Å². The van der Waals surface area contributed by atoms with Crippen LogP contribution < -0.4 is 5.36 Å². The summed E-state index contributed by atoms with van der Waals surface area (Å²) in [4.78, 5) is 7.26. The second-order valence-corrected chi connectivity index (χ2v) is 3.94. The maximum Gasteiger partial charge on any atom is 0.160 e. The van der Waals surface area contributed by atoms with Crippen molar-refractivity contribution in [2.45, 2.75) is 6.54 Å². The van der Waals surface area contributed by atoms with E-state index < -0.39 is 0 Å². The van der Waals surface area contributed by atoms with Crippen molar-refractivity contribution in [3.05, 3.63) is 59.8 Å². The molecule has 0 amide bonds. The van der Waals surface area contributed by atoms with Gasteiger partial charge in [-0.2, -0.15) is 0 Å². The first kappa shape index (κ1) is 9.84. The number of nitrogens with zero attached hydrogens (tertiary/aromatic N) is 2. The normalized spacial score (nSPS) is 10.8. The van der Waals surface area contributed by atoms with E-state index in [1.165, 1.54) is 5.56 Å². The van der Waals surface area contributed by atoms with Gasteiger partial charge in [0.15, 0.2) is 5.65 Å². The maximum atomic E-state index is 7.77. The molecule has 0 aliphatic carbocycles. The first-order valence-electron chi connectivity index (χ1n) is 5.45. The lowest BCUT2D eigenvalue weighted by atomic mass is 10.2. The summed E-state index contributed by atoms with van der Waals surface area (Å²) in [5, 5.41) is 8.25. The van der Waals surface area contributed by atoms with Gasteiger partial charge in [0.25, 0.3) is 0 Å². The molecule has 84 valence electrons. The van der Waals surface area contributed by atoms with Crippen LogP contribution in [0.5, 0.6) is 0 Å². The molecule has 3 rings (SSSR count). The molecule has 1 aromatic carbocycles. The number of hydrogen-bond acceptors (Lipinski definition) is 2. The fraction of sp³-hybridized carbons (Fsp3) is 0.0769. The summed E-state index contributed by atoms with van der Waals surface area (Å²) in [6, 6.07) is 12.0. The van der Waals surface area contributed by atoms with Crippen molar-refractivity contribution in [3.8, 4) is 0 Å². The van der Waals surface area contributed by atoms with E-state index in [2.05, 4.69) is 22.1 Å². The van der Waals surface area contributed by atoms with Gasteiger partial charge in [0.2, 0.25) is 0 Å². The minimum Gasteiger partial charge on any atom is -0.342 e. The Labute approximate surface area is 98.1 Å². The molecule has 0 unspecified atom stereocenters. The van der Waals surface area contributed by atoms with Crippen LogP contribution in [0.3, 0.4) is 0 Å². The number of aromatic nitrogens is 3. The predicted octanol–water partition coefficient (Wildman–Crippen LogP) is 1.89. The highest BCUT2D eigenvalue weighted by molar-refractivity contribution is 5.69. The molecule has 2 N–H and O–H groups in total. The van der Waals surface area contributed by atoms with Crippen LogP contribution in [0.15, 0.2) is 48.9 Å². The highest BCUT2D eigenvalue weighted by Crippen LogP contribution is 2.08. The molecule has 0 bridgehead atoms. The first-order valence-corrected chi connectivity index (χ1v) is 5.45. The minimum atomic E-state index is 0.474. The molecule has 0 aliphatic heterocycles. The quantitative estimate of drug-likeness (QED) is 0.686. The van der Waals surface area contributed by atoms with E-state index in [1.54, 1.807) is 12.4 Å². The molecule has 0 fully saturated rings. The molecular weight excluding hydrogens is 212 g/mol. The lowest BCUT2D eigenvalue weighted by Gasteiger charge is -2.07. The Hall–Kier alpha value is -2.36. The van der Waals surface area contributed by atoms with Crippen LogP contribution in [0.25, 0.3) is 11.2 Å². The molecule has 0 saturated carbocycles. The zero-order valence-corrected chi connectivity index (χ0v) is 9.22. The Morgan fingerprint density at radius 2 is 2.00 bits per heavy atom. The molecule has 0 spiro atoms. The molecular formula is C13H12N4. The van der Waals surface area contributed by atoms with Gasteiger partial charge in [-0.25, -0.2) is 4.98 Å². The summed E-state index contributed by atoms with van der Waals surface area (Å²) < 4.78 is 2.04. The standard InChI is InChI=1S/C13H12N4/c14-11-6-7-17(13-12(11)15-9-16-13)8-10-4-2-1-3-5-10/h1-7,9,14H,8H2,(H,15,16). The summed E-state index contributed by atoms with van der Waals surface area (Å²) in [6.45, 7) is 0.766. The van der Waals surface area contributed by atoms with Crippen LogP contribution in [0, 0.1) is 5.41 Å². The average Bonchev–Trinajstić information content (AvgIpc) is 2.84. The number of H-pyrrole nitrogens is 1. The third-order valence-electron chi connectivity index (χ3n) is 2.78. The van der Waals surface area contributed by atoms with Gasteiger partial charge < -0.3 is 9.55 Å². The van der Waals surface area contributed by atoms with Gasteiger partial charge in [-0.15, -0.1) is 0 Å². The number of fused-ring (bicyclic) bond motifs is 1. The monoisotopic (exact) mass is 224 g/mol.